The summed E-state index contributed by atoms with van der Waals surface area (Å²) < 4.78 is 0. The first-order valence-electron chi connectivity index (χ1n) is 23.1. The minimum absolute atomic E-state index is 0.147. The van der Waals surface area contributed by atoms with Crippen LogP contribution in [0.2, 0.25) is 0 Å². The van der Waals surface area contributed by atoms with E-state index >= 15 is 0 Å². The zero-order valence-electron chi connectivity index (χ0n) is 37.0. The van der Waals surface area contributed by atoms with Gasteiger partial charge < -0.3 is 9.80 Å². The van der Waals surface area contributed by atoms with Gasteiger partial charge in [0.25, 0.3) is 0 Å². The molecule has 10 aromatic rings. The predicted molar refractivity (Wildman–Crippen MR) is 275 cm³/mol. The largest absolute Gasteiger partial charge is 0.310 e. The fraction of sp³-hybridized carbons (Fsp3) is 0.0625. The molecule has 0 heterocycles. The fourth-order valence-electron chi connectivity index (χ4n) is 11.8. The van der Waals surface area contributed by atoms with E-state index in [-0.39, 0.29) is 5.41 Å². The molecule has 1 unspecified atom stereocenters. The van der Waals surface area contributed by atoms with Crippen LogP contribution in [0, 0.1) is 0 Å². The van der Waals surface area contributed by atoms with Crippen LogP contribution in [-0.4, -0.2) is 0 Å². The van der Waals surface area contributed by atoms with Gasteiger partial charge in [0, 0.05) is 39.5 Å². The first-order valence-corrected chi connectivity index (χ1v) is 23.1. The molecule has 3 aliphatic carbocycles. The number of anilines is 6. The molecule has 0 fully saturated rings. The van der Waals surface area contributed by atoms with Crippen molar-refractivity contribution in [3.63, 3.8) is 0 Å². The van der Waals surface area contributed by atoms with Crippen molar-refractivity contribution >= 4 is 34.1 Å². The average molecular weight is 843 g/mol. The molecule has 0 radical (unpaired) electrons. The number of para-hydroxylation sites is 3. The summed E-state index contributed by atoms with van der Waals surface area (Å²) in [4.78, 5) is 4.89. The van der Waals surface area contributed by atoms with Crippen LogP contribution in [0.15, 0.2) is 243 Å². The maximum atomic E-state index is 2.53. The summed E-state index contributed by atoms with van der Waals surface area (Å²) in [6, 6.07) is 90.1. The highest BCUT2D eigenvalue weighted by molar-refractivity contribution is 6.02. The van der Waals surface area contributed by atoms with Crippen molar-refractivity contribution in [3.05, 3.63) is 276 Å². The number of nitrogens with zero attached hydrogens (tertiary/aromatic N) is 2. The molecule has 3 aliphatic rings. The first kappa shape index (κ1) is 38.3. The monoisotopic (exact) mass is 842 g/mol. The van der Waals surface area contributed by atoms with Crippen LogP contribution in [0.3, 0.4) is 0 Å². The Morgan fingerprint density at radius 2 is 0.652 bits per heavy atom. The third-order valence-corrected chi connectivity index (χ3v) is 14.6. The Morgan fingerprint density at radius 3 is 1.23 bits per heavy atom. The lowest BCUT2D eigenvalue weighted by atomic mass is 9.70. The Balaban J connectivity index is 1.12. The Bertz CT molecular complexity index is 3460. The van der Waals surface area contributed by atoms with Crippen molar-refractivity contribution in [2.75, 3.05) is 9.80 Å². The molecule has 0 amide bonds. The highest BCUT2D eigenvalue weighted by Gasteiger charge is 2.53. The lowest BCUT2D eigenvalue weighted by molar-refractivity contribution is 0.660. The molecule has 0 aliphatic heterocycles. The Labute approximate surface area is 387 Å². The molecule has 2 nitrogen and oxygen atoms in total. The molecule has 10 aromatic carbocycles. The molecule has 1 atom stereocenters. The number of rotatable bonds is 7. The van der Waals surface area contributed by atoms with Crippen LogP contribution in [0.1, 0.15) is 47.2 Å². The summed E-state index contributed by atoms with van der Waals surface area (Å²) in [6.07, 6.45) is 0. The van der Waals surface area contributed by atoms with Gasteiger partial charge in [0.15, 0.2) is 0 Å². The standard InChI is InChI=1S/C64H46N2/c1-63(2)56-32-18-15-29-50(56)52-37-35-47(40-59(52)63)66(46-27-13-6-14-28-46)49-39-55(43-21-7-3-8-22-43)62-54-31-17-20-34-58(54)64(61(62)42-49)57-33-19-16-30-51(57)53-38-36-48(41-60(53)64)65(44-23-9-4-10-24-44)45-25-11-5-12-26-45/h3-42H,1-2H3. The van der Waals surface area contributed by atoms with Gasteiger partial charge in [-0.15, -0.1) is 0 Å². The van der Waals surface area contributed by atoms with E-state index in [9.17, 15) is 0 Å². The Morgan fingerprint density at radius 1 is 0.258 bits per heavy atom. The first-order chi connectivity index (χ1) is 32.5. The normalized spacial score (nSPS) is 15.3. The minimum atomic E-state index is -0.615. The lowest BCUT2D eigenvalue weighted by Gasteiger charge is -2.34. The molecular weight excluding hydrogens is 797 g/mol. The van der Waals surface area contributed by atoms with Crippen LogP contribution < -0.4 is 9.80 Å². The summed E-state index contributed by atoms with van der Waals surface area (Å²) in [5.74, 6) is 0. The summed E-state index contributed by atoms with van der Waals surface area (Å²) in [5.41, 5.74) is 24.1. The smallest absolute Gasteiger partial charge is 0.0727 e. The van der Waals surface area contributed by atoms with E-state index in [2.05, 4.69) is 266 Å². The molecule has 0 saturated carbocycles. The van der Waals surface area contributed by atoms with E-state index in [1.54, 1.807) is 0 Å². The van der Waals surface area contributed by atoms with Gasteiger partial charge in [-0.1, -0.05) is 184 Å². The molecule has 2 heteroatoms. The SMILES string of the molecule is CC1(C)c2ccccc2-c2ccc(N(c3ccccc3)c3cc(-c4ccccc4)c4c(c3)C3(c5ccccc5-c5ccc(N(c6ccccc6)c6ccccc6)cc53)c3ccccc3-4)cc21. The van der Waals surface area contributed by atoms with Crippen LogP contribution in [0.4, 0.5) is 34.1 Å². The van der Waals surface area contributed by atoms with Crippen LogP contribution >= 0.6 is 0 Å². The van der Waals surface area contributed by atoms with Gasteiger partial charge in [-0.3, -0.25) is 0 Å². The Hall–Kier alpha value is -8.20. The highest BCUT2D eigenvalue weighted by atomic mass is 15.1. The van der Waals surface area contributed by atoms with Gasteiger partial charge in [-0.25, -0.2) is 0 Å². The number of hydrogen-bond donors (Lipinski definition) is 0. The molecule has 312 valence electrons. The number of benzene rings is 10. The lowest BCUT2D eigenvalue weighted by Crippen LogP contribution is -2.26. The van der Waals surface area contributed by atoms with Gasteiger partial charge in [-0.2, -0.15) is 0 Å². The van der Waals surface area contributed by atoms with Gasteiger partial charge in [-0.05, 0) is 151 Å². The molecule has 0 N–H and O–H groups in total. The van der Waals surface area contributed by atoms with E-state index in [0.717, 1.165) is 34.1 Å². The number of hydrogen-bond acceptors (Lipinski definition) is 2. The summed E-state index contributed by atoms with van der Waals surface area (Å²) in [7, 11) is 0. The third kappa shape index (κ3) is 5.48. The second-order valence-electron chi connectivity index (χ2n) is 18.4. The van der Waals surface area contributed by atoms with Gasteiger partial charge in [0.05, 0.1) is 5.41 Å². The zero-order chi connectivity index (χ0) is 44.0. The average Bonchev–Trinajstić information content (AvgIpc) is 3.93. The van der Waals surface area contributed by atoms with Gasteiger partial charge in [0.1, 0.15) is 0 Å². The molecule has 0 saturated heterocycles. The fourth-order valence-corrected chi connectivity index (χ4v) is 11.8. The van der Waals surface area contributed by atoms with E-state index in [0.29, 0.717) is 0 Å². The summed E-state index contributed by atoms with van der Waals surface area (Å²) in [5, 5.41) is 0. The van der Waals surface area contributed by atoms with E-state index in [1.807, 2.05) is 0 Å². The van der Waals surface area contributed by atoms with Crippen molar-refractivity contribution in [2.45, 2.75) is 24.7 Å². The Kier molecular flexibility index (Phi) is 8.51. The predicted octanol–water partition coefficient (Wildman–Crippen LogP) is 16.9. The van der Waals surface area contributed by atoms with E-state index < -0.39 is 5.41 Å². The third-order valence-electron chi connectivity index (χ3n) is 14.6. The molecule has 13 rings (SSSR count). The van der Waals surface area contributed by atoms with Crippen molar-refractivity contribution in [1.82, 2.24) is 0 Å². The summed E-state index contributed by atoms with van der Waals surface area (Å²) >= 11 is 0. The molecule has 66 heavy (non-hydrogen) atoms. The minimum Gasteiger partial charge on any atom is -0.310 e. The maximum absolute atomic E-state index is 2.53. The second kappa shape index (κ2) is 14.7. The van der Waals surface area contributed by atoms with Crippen molar-refractivity contribution < 1.29 is 0 Å². The van der Waals surface area contributed by atoms with Crippen LogP contribution in [0.25, 0.3) is 44.5 Å². The molecule has 0 bridgehead atoms. The molecular formula is C64H46N2. The van der Waals surface area contributed by atoms with Crippen LogP contribution in [0.5, 0.6) is 0 Å². The van der Waals surface area contributed by atoms with E-state index in [1.165, 1.54) is 77.9 Å². The quantitative estimate of drug-likeness (QED) is 0.158. The van der Waals surface area contributed by atoms with Crippen LogP contribution in [-0.2, 0) is 10.8 Å². The topological polar surface area (TPSA) is 6.48 Å². The van der Waals surface area contributed by atoms with Gasteiger partial charge in [0.2, 0.25) is 0 Å². The molecule has 0 aromatic heterocycles. The zero-order valence-corrected chi connectivity index (χ0v) is 37.0. The molecule has 1 spiro atoms. The number of fused-ring (bicyclic) bond motifs is 13. The van der Waals surface area contributed by atoms with Crippen molar-refractivity contribution in [1.29, 1.82) is 0 Å². The maximum Gasteiger partial charge on any atom is 0.0727 e. The van der Waals surface area contributed by atoms with E-state index in [4.69, 9.17) is 0 Å². The highest BCUT2D eigenvalue weighted by Crippen LogP contribution is 2.65. The second-order valence-corrected chi connectivity index (χ2v) is 18.4. The van der Waals surface area contributed by atoms with Crippen molar-refractivity contribution in [2.24, 2.45) is 0 Å². The van der Waals surface area contributed by atoms with Crippen molar-refractivity contribution in [3.8, 4) is 44.5 Å². The summed E-state index contributed by atoms with van der Waals surface area (Å²) in [6.45, 7) is 4.75. The van der Waals surface area contributed by atoms with Gasteiger partial charge >= 0.3 is 0 Å².